The van der Waals surface area contributed by atoms with Crippen LogP contribution in [0.5, 0.6) is 0 Å². The van der Waals surface area contributed by atoms with Gasteiger partial charge in [-0.2, -0.15) is 0 Å². The Kier molecular flexibility index (Phi) is 5.78. The van der Waals surface area contributed by atoms with Gasteiger partial charge in [0.05, 0.1) is 10.2 Å². The van der Waals surface area contributed by atoms with E-state index in [1.54, 1.807) is 0 Å². The highest BCUT2D eigenvalue weighted by Gasteiger charge is 2.20. The quantitative estimate of drug-likeness (QED) is 0.191. The van der Waals surface area contributed by atoms with Crippen LogP contribution in [0, 0.1) is 0 Å². The number of nitrogens with one attached hydrogen (secondary N) is 1. The minimum absolute atomic E-state index is 1.12. The summed E-state index contributed by atoms with van der Waals surface area (Å²) in [7, 11) is 0. The Morgan fingerprint density at radius 3 is 1.62 bits per heavy atom. The molecular weight excluding hydrogens is 589 g/mol. The van der Waals surface area contributed by atoms with Gasteiger partial charge < -0.3 is 9.88 Å². The SMILES string of the molecule is c1ccc(-c2ccc(N(c3ccc(-c4ccccc4)cc3)c3cc4ccc5cc6c7ccccc7sc6c6[nH]c(c3)c4c56)cc2)cc1. The van der Waals surface area contributed by atoms with Gasteiger partial charge in [-0.3, -0.25) is 0 Å². The highest BCUT2D eigenvalue weighted by molar-refractivity contribution is 7.26. The van der Waals surface area contributed by atoms with Crippen molar-refractivity contribution in [3.05, 3.63) is 164 Å². The number of hydrogen-bond donors (Lipinski definition) is 1. The van der Waals surface area contributed by atoms with E-state index in [-0.39, 0.29) is 0 Å². The van der Waals surface area contributed by atoms with Crippen LogP contribution < -0.4 is 4.90 Å². The summed E-state index contributed by atoms with van der Waals surface area (Å²) in [6.07, 6.45) is 0. The maximum atomic E-state index is 3.91. The molecule has 0 saturated heterocycles. The maximum absolute atomic E-state index is 3.91. The average molecular weight is 617 g/mol. The lowest BCUT2D eigenvalue weighted by Gasteiger charge is -2.26. The number of aromatic amines is 1. The zero-order valence-electron chi connectivity index (χ0n) is 25.4. The Balaban J connectivity index is 1.17. The van der Waals surface area contributed by atoms with Gasteiger partial charge >= 0.3 is 0 Å². The standard InChI is InChI=1S/C44H28N2S/c1-3-9-28(10-4-1)30-17-21-34(22-18-30)46(35-23-19-31(20-24-35)29-11-5-2-6-12-29)36-25-32-15-16-33-26-38-37-13-7-8-14-40(37)47-44(38)43-42(33)41(32)39(27-36)45-43/h1-27,45H. The van der Waals surface area contributed by atoms with Gasteiger partial charge in [-0.05, 0) is 81.6 Å². The van der Waals surface area contributed by atoms with Crippen LogP contribution in [0.15, 0.2) is 164 Å². The van der Waals surface area contributed by atoms with Crippen LogP contribution in [0.3, 0.4) is 0 Å². The first-order chi connectivity index (χ1) is 23.3. The molecular formula is C44H28N2S. The van der Waals surface area contributed by atoms with Crippen LogP contribution in [0.25, 0.3) is 75.0 Å². The third kappa shape index (κ3) is 4.17. The summed E-state index contributed by atoms with van der Waals surface area (Å²) in [6.45, 7) is 0. The zero-order chi connectivity index (χ0) is 30.9. The third-order valence-corrected chi connectivity index (χ3v) is 10.7. The summed E-state index contributed by atoms with van der Waals surface area (Å²) in [6, 6.07) is 59.4. The molecule has 0 spiro atoms. The van der Waals surface area contributed by atoms with Crippen molar-refractivity contribution in [3.63, 3.8) is 0 Å². The van der Waals surface area contributed by atoms with Crippen molar-refractivity contribution in [2.24, 2.45) is 0 Å². The van der Waals surface area contributed by atoms with Gasteiger partial charge in [0.15, 0.2) is 0 Å². The van der Waals surface area contributed by atoms with Crippen molar-refractivity contribution in [2.75, 3.05) is 4.90 Å². The normalized spacial score (nSPS) is 11.8. The Bertz CT molecular complexity index is 2620. The first-order valence-corrected chi connectivity index (χ1v) is 16.8. The van der Waals surface area contributed by atoms with Crippen molar-refractivity contribution < 1.29 is 0 Å². The van der Waals surface area contributed by atoms with Gasteiger partial charge in [-0.25, -0.2) is 0 Å². The van der Waals surface area contributed by atoms with Crippen LogP contribution >= 0.6 is 11.3 Å². The van der Waals surface area contributed by atoms with E-state index >= 15 is 0 Å². The first kappa shape index (κ1) is 26.3. The second-order valence-electron chi connectivity index (χ2n) is 12.3. The van der Waals surface area contributed by atoms with Crippen LogP contribution in [-0.4, -0.2) is 4.98 Å². The molecule has 220 valence electrons. The molecule has 0 unspecified atom stereocenters. The van der Waals surface area contributed by atoms with E-state index in [0.717, 1.165) is 22.6 Å². The molecule has 2 heterocycles. The van der Waals surface area contributed by atoms with E-state index in [0.29, 0.717) is 0 Å². The molecule has 2 nitrogen and oxygen atoms in total. The van der Waals surface area contributed by atoms with Gasteiger partial charge in [-0.1, -0.05) is 115 Å². The number of thiophene rings is 1. The average Bonchev–Trinajstić information content (AvgIpc) is 3.71. The van der Waals surface area contributed by atoms with Crippen LogP contribution in [0.2, 0.25) is 0 Å². The van der Waals surface area contributed by atoms with Gasteiger partial charge in [0, 0.05) is 48.8 Å². The highest BCUT2D eigenvalue weighted by atomic mass is 32.1. The molecule has 0 radical (unpaired) electrons. The summed E-state index contributed by atoms with van der Waals surface area (Å²) in [5.41, 5.74) is 10.6. The molecule has 0 bridgehead atoms. The van der Waals surface area contributed by atoms with Crippen molar-refractivity contribution in [1.82, 2.24) is 4.98 Å². The minimum atomic E-state index is 1.12. The molecule has 0 amide bonds. The molecule has 0 fully saturated rings. The van der Waals surface area contributed by atoms with E-state index < -0.39 is 0 Å². The topological polar surface area (TPSA) is 19.0 Å². The molecule has 2 aromatic heterocycles. The predicted octanol–water partition coefficient (Wildman–Crippen LogP) is 13.1. The fourth-order valence-electron chi connectivity index (χ4n) is 7.32. The summed E-state index contributed by atoms with van der Waals surface area (Å²) in [5.74, 6) is 0. The molecule has 0 aliphatic heterocycles. The van der Waals surface area contributed by atoms with Crippen LogP contribution in [0.1, 0.15) is 0 Å². The fourth-order valence-corrected chi connectivity index (χ4v) is 8.50. The number of rotatable bonds is 5. The molecule has 10 aromatic rings. The Morgan fingerprint density at radius 1 is 0.426 bits per heavy atom. The summed E-state index contributed by atoms with van der Waals surface area (Å²) in [4.78, 5) is 6.29. The number of hydrogen-bond acceptors (Lipinski definition) is 2. The summed E-state index contributed by atoms with van der Waals surface area (Å²) in [5, 5.41) is 7.81. The second-order valence-corrected chi connectivity index (χ2v) is 13.3. The van der Waals surface area contributed by atoms with Gasteiger partial charge in [-0.15, -0.1) is 11.3 Å². The smallest absolute Gasteiger partial charge is 0.0652 e. The number of nitrogens with zero attached hydrogens (tertiary/aromatic N) is 1. The van der Waals surface area contributed by atoms with E-state index in [2.05, 4.69) is 174 Å². The molecule has 10 rings (SSSR count). The largest absolute Gasteiger partial charge is 0.353 e. The first-order valence-electron chi connectivity index (χ1n) is 16.0. The van der Waals surface area contributed by atoms with E-state index in [4.69, 9.17) is 0 Å². The molecule has 1 N–H and O–H groups in total. The van der Waals surface area contributed by atoms with Crippen LogP contribution in [-0.2, 0) is 0 Å². The molecule has 0 aliphatic rings. The highest BCUT2D eigenvalue weighted by Crippen LogP contribution is 2.46. The Morgan fingerprint density at radius 2 is 0.979 bits per heavy atom. The Hall–Kier alpha value is -5.90. The Labute approximate surface area is 276 Å². The lowest BCUT2D eigenvalue weighted by atomic mass is 9.99. The summed E-state index contributed by atoms with van der Waals surface area (Å²) >= 11 is 1.88. The monoisotopic (exact) mass is 616 g/mol. The van der Waals surface area contributed by atoms with Crippen molar-refractivity contribution >= 4 is 81.1 Å². The minimum Gasteiger partial charge on any atom is -0.353 e. The predicted molar refractivity (Wildman–Crippen MR) is 203 cm³/mol. The fraction of sp³-hybridized carbons (Fsp3) is 0. The van der Waals surface area contributed by atoms with Crippen LogP contribution in [0.4, 0.5) is 17.1 Å². The lowest BCUT2D eigenvalue weighted by molar-refractivity contribution is 1.29. The zero-order valence-corrected chi connectivity index (χ0v) is 26.3. The van der Waals surface area contributed by atoms with Crippen molar-refractivity contribution in [2.45, 2.75) is 0 Å². The van der Waals surface area contributed by atoms with E-state index in [9.17, 15) is 0 Å². The third-order valence-electron chi connectivity index (χ3n) is 9.53. The van der Waals surface area contributed by atoms with Gasteiger partial charge in [0.25, 0.3) is 0 Å². The van der Waals surface area contributed by atoms with Crippen molar-refractivity contribution in [1.29, 1.82) is 0 Å². The number of anilines is 3. The second kappa shape index (κ2) is 10.3. The van der Waals surface area contributed by atoms with Gasteiger partial charge in [0.2, 0.25) is 0 Å². The molecule has 47 heavy (non-hydrogen) atoms. The molecule has 0 atom stereocenters. The number of aromatic nitrogens is 1. The molecule has 0 saturated carbocycles. The lowest BCUT2D eigenvalue weighted by Crippen LogP contribution is -2.10. The number of benzene rings is 8. The molecule has 3 heteroatoms. The van der Waals surface area contributed by atoms with Crippen molar-refractivity contribution in [3.8, 4) is 22.3 Å². The number of fused-ring (bicyclic) bond motifs is 4. The van der Waals surface area contributed by atoms with E-state index in [1.165, 1.54) is 69.5 Å². The summed E-state index contributed by atoms with van der Waals surface area (Å²) < 4.78 is 2.65. The molecule has 0 aliphatic carbocycles. The van der Waals surface area contributed by atoms with E-state index in [1.807, 2.05) is 11.3 Å². The maximum Gasteiger partial charge on any atom is 0.0652 e. The van der Waals surface area contributed by atoms with Gasteiger partial charge in [0.1, 0.15) is 0 Å². The molecule has 8 aromatic carbocycles. The number of H-pyrrole nitrogens is 1.